The van der Waals surface area contributed by atoms with Gasteiger partial charge in [0.2, 0.25) is 0 Å². The van der Waals surface area contributed by atoms with Crippen molar-refractivity contribution >= 4 is 0 Å². The van der Waals surface area contributed by atoms with Crippen molar-refractivity contribution in [3.63, 3.8) is 0 Å². The third-order valence-electron chi connectivity index (χ3n) is 1.89. The second-order valence-corrected chi connectivity index (χ2v) is 2.71. The van der Waals surface area contributed by atoms with Gasteiger partial charge in [-0.15, -0.1) is 0 Å². The largest absolute Gasteiger partial charge is 2.00 e. The minimum Gasteiger partial charge on any atom is -0.396 e. The molecule has 0 fully saturated rings. The van der Waals surface area contributed by atoms with Crippen LogP contribution in [0.1, 0.15) is 33.1 Å². The molecule has 0 bridgehead atoms. The van der Waals surface area contributed by atoms with Crippen LogP contribution in [-0.4, -0.2) is 22.9 Å². The van der Waals surface area contributed by atoms with Crippen molar-refractivity contribution in [2.45, 2.75) is 39.2 Å². The normalized spacial score (nSPS) is 12.9. The van der Waals surface area contributed by atoms with Gasteiger partial charge in [0.15, 0.2) is 0 Å². The molecule has 0 aromatic carbocycles. The molecule has 13 heavy (non-hydrogen) atoms. The summed E-state index contributed by atoms with van der Waals surface area (Å²) in [6.45, 7) is 4.13. The second kappa shape index (κ2) is 15.1. The van der Waals surface area contributed by atoms with Gasteiger partial charge in [-0.2, -0.15) is 0 Å². The Labute approximate surface area is 98.6 Å². The molecular formula is C10H24O2Ti. The quantitative estimate of drug-likeness (QED) is 0.554. The molecule has 0 aliphatic carbocycles. The second-order valence-electron chi connectivity index (χ2n) is 2.71. The van der Waals surface area contributed by atoms with E-state index in [4.69, 9.17) is 5.11 Å². The molecule has 2 nitrogen and oxygen atoms in total. The van der Waals surface area contributed by atoms with Crippen LogP contribution >= 0.6 is 0 Å². The van der Waals surface area contributed by atoms with Gasteiger partial charge in [0.25, 0.3) is 0 Å². The van der Waals surface area contributed by atoms with E-state index in [9.17, 15) is 5.11 Å². The smallest absolute Gasteiger partial charge is 0.396 e. The fourth-order valence-electron chi connectivity index (χ4n) is 1.05. The summed E-state index contributed by atoms with van der Waals surface area (Å²) in [6.07, 6.45) is 2.34. The van der Waals surface area contributed by atoms with E-state index in [1.807, 2.05) is 13.8 Å². The van der Waals surface area contributed by atoms with Gasteiger partial charge in [0, 0.05) is 12.5 Å². The Morgan fingerprint density at radius 1 is 1.15 bits per heavy atom. The van der Waals surface area contributed by atoms with Crippen LogP contribution in [0, 0.1) is 20.8 Å². The molecule has 0 rings (SSSR count). The van der Waals surface area contributed by atoms with Gasteiger partial charge in [-0.3, -0.25) is 0 Å². The van der Waals surface area contributed by atoms with E-state index in [0.29, 0.717) is 0 Å². The minimum absolute atomic E-state index is 0. The molecule has 80 valence electrons. The van der Waals surface area contributed by atoms with E-state index in [0.717, 1.165) is 19.3 Å². The van der Waals surface area contributed by atoms with Crippen LogP contribution in [0.5, 0.6) is 0 Å². The summed E-state index contributed by atoms with van der Waals surface area (Å²) in [7, 11) is 0. The molecule has 0 saturated carbocycles. The van der Waals surface area contributed by atoms with Gasteiger partial charge in [-0.05, 0) is 12.8 Å². The molecule has 2 N–H and O–H groups in total. The molecule has 0 saturated heterocycles. The van der Waals surface area contributed by atoms with Gasteiger partial charge in [-0.1, -0.05) is 20.3 Å². The molecule has 0 spiro atoms. The zero-order valence-corrected chi connectivity index (χ0v) is 10.9. The molecule has 2 unspecified atom stereocenters. The number of aliphatic hydroxyl groups excluding tert-OH is 2. The standard InChI is InChI=1S/C8H18O2.2CH3.Ti/c1-3-5-8(10)7(4-2)6-9;;;/h7-10H,3-6H2,1-2H3;2*1H3;/q;2*-1;+2. The Hall–Kier alpha value is 0.634. The van der Waals surface area contributed by atoms with Crippen LogP contribution < -0.4 is 0 Å². The molecule has 0 radical (unpaired) electrons. The van der Waals surface area contributed by atoms with Crippen molar-refractivity contribution < 1.29 is 31.9 Å². The predicted octanol–water partition coefficient (Wildman–Crippen LogP) is 2.06. The summed E-state index contributed by atoms with van der Waals surface area (Å²) in [5, 5.41) is 18.1. The maximum atomic E-state index is 9.35. The number of hydrogen-bond donors (Lipinski definition) is 2. The SMILES string of the molecule is CCCC(O)C(CC)CO.[CH3-].[CH3-].[Ti+2]. The van der Waals surface area contributed by atoms with E-state index in [1.54, 1.807) is 0 Å². The van der Waals surface area contributed by atoms with Crippen molar-refractivity contribution in [2.24, 2.45) is 5.92 Å². The first-order chi connectivity index (χ1) is 4.76. The molecule has 2 atom stereocenters. The van der Waals surface area contributed by atoms with Crippen molar-refractivity contribution in [1.29, 1.82) is 0 Å². The zero-order chi connectivity index (χ0) is 7.98. The Balaban J connectivity index is -0.000000135. The number of hydrogen-bond acceptors (Lipinski definition) is 2. The van der Waals surface area contributed by atoms with Crippen LogP contribution in [0.15, 0.2) is 0 Å². The van der Waals surface area contributed by atoms with Gasteiger partial charge < -0.3 is 25.1 Å². The Morgan fingerprint density at radius 3 is 1.85 bits per heavy atom. The fourth-order valence-corrected chi connectivity index (χ4v) is 1.05. The first kappa shape index (κ1) is 23.4. The van der Waals surface area contributed by atoms with E-state index in [-0.39, 0.29) is 55.2 Å². The van der Waals surface area contributed by atoms with Gasteiger partial charge in [0.05, 0.1) is 6.10 Å². The zero-order valence-electron chi connectivity index (χ0n) is 9.38. The van der Waals surface area contributed by atoms with Gasteiger partial charge in [0.1, 0.15) is 0 Å². The van der Waals surface area contributed by atoms with E-state index in [1.165, 1.54) is 0 Å². The molecule has 0 aromatic rings. The van der Waals surface area contributed by atoms with Crippen molar-refractivity contribution in [3.05, 3.63) is 14.9 Å². The van der Waals surface area contributed by atoms with Crippen LogP contribution in [0.3, 0.4) is 0 Å². The number of rotatable bonds is 5. The molecule has 3 heteroatoms. The maximum absolute atomic E-state index is 9.35. The molecule has 0 aliphatic heterocycles. The maximum Gasteiger partial charge on any atom is 2.00 e. The molecule has 0 heterocycles. The van der Waals surface area contributed by atoms with Crippen molar-refractivity contribution in [2.75, 3.05) is 6.61 Å². The Kier molecular flexibility index (Phi) is 27.3. The van der Waals surface area contributed by atoms with E-state index < -0.39 is 0 Å². The average Bonchev–Trinajstić information content (AvgIpc) is 1.91. The van der Waals surface area contributed by atoms with Crippen molar-refractivity contribution in [3.8, 4) is 0 Å². The first-order valence-electron chi connectivity index (χ1n) is 4.05. The Morgan fingerprint density at radius 2 is 1.62 bits per heavy atom. The van der Waals surface area contributed by atoms with Crippen LogP contribution in [0.25, 0.3) is 0 Å². The van der Waals surface area contributed by atoms with Gasteiger partial charge in [-0.25, -0.2) is 0 Å². The Bertz CT molecular complexity index is 75.3. The third kappa shape index (κ3) is 10.6. The topological polar surface area (TPSA) is 40.5 Å². The third-order valence-corrected chi connectivity index (χ3v) is 1.89. The average molecular weight is 224 g/mol. The summed E-state index contributed by atoms with van der Waals surface area (Å²) < 4.78 is 0. The summed E-state index contributed by atoms with van der Waals surface area (Å²) in [4.78, 5) is 0. The van der Waals surface area contributed by atoms with Crippen LogP contribution in [0.4, 0.5) is 0 Å². The molecule has 0 aromatic heterocycles. The summed E-state index contributed by atoms with van der Waals surface area (Å²) in [5.74, 6) is 0.0833. The monoisotopic (exact) mass is 224 g/mol. The first-order valence-corrected chi connectivity index (χ1v) is 4.05. The fraction of sp³-hybridized carbons (Fsp3) is 0.800. The number of aliphatic hydroxyl groups is 2. The summed E-state index contributed by atoms with van der Waals surface area (Å²) >= 11 is 0. The molecule has 0 amide bonds. The van der Waals surface area contributed by atoms with E-state index in [2.05, 4.69) is 0 Å². The van der Waals surface area contributed by atoms with Crippen LogP contribution in [0.2, 0.25) is 0 Å². The van der Waals surface area contributed by atoms with E-state index >= 15 is 0 Å². The molecule has 0 aliphatic rings. The van der Waals surface area contributed by atoms with Crippen LogP contribution in [-0.2, 0) is 21.7 Å². The summed E-state index contributed by atoms with van der Waals surface area (Å²) in [5.41, 5.74) is 0. The summed E-state index contributed by atoms with van der Waals surface area (Å²) in [6, 6.07) is 0. The van der Waals surface area contributed by atoms with Gasteiger partial charge >= 0.3 is 21.7 Å². The van der Waals surface area contributed by atoms with Crippen molar-refractivity contribution in [1.82, 2.24) is 0 Å². The minimum atomic E-state index is -0.306. The molecular weight excluding hydrogens is 200 g/mol. The predicted molar refractivity (Wildman–Crippen MR) is 54.6 cm³/mol.